The molecule has 94 valence electrons. The summed E-state index contributed by atoms with van der Waals surface area (Å²) in [6, 6.07) is 10.2. The Morgan fingerprint density at radius 3 is 2.53 bits per heavy atom. The van der Waals surface area contributed by atoms with Gasteiger partial charge in [0.05, 0.1) is 23.8 Å². The first-order valence-corrected chi connectivity index (χ1v) is 6.00. The first kappa shape index (κ1) is 11.4. The van der Waals surface area contributed by atoms with E-state index in [1.54, 1.807) is 18.6 Å². The molecular weight excluding hydrogens is 238 g/mol. The largest absolute Gasteiger partial charge is 0.378 e. The number of nitrogens with zero attached hydrogens (tertiary/aromatic N) is 4. The van der Waals surface area contributed by atoms with Crippen LogP contribution in [0.1, 0.15) is 5.56 Å². The molecular formula is C14H13N5. The van der Waals surface area contributed by atoms with Crippen LogP contribution < -0.4 is 5.32 Å². The maximum Gasteiger partial charge on any atom is 0.115 e. The lowest BCUT2D eigenvalue weighted by Gasteiger charge is -2.06. The first-order valence-electron chi connectivity index (χ1n) is 6.00. The van der Waals surface area contributed by atoms with Gasteiger partial charge in [0, 0.05) is 18.9 Å². The number of aromatic nitrogens is 4. The van der Waals surface area contributed by atoms with Gasteiger partial charge < -0.3 is 5.32 Å². The van der Waals surface area contributed by atoms with Gasteiger partial charge in [0.1, 0.15) is 6.33 Å². The van der Waals surface area contributed by atoms with Crippen molar-refractivity contribution in [3.8, 4) is 5.69 Å². The Hall–Kier alpha value is -2.69. The van der Waals surface area contributed by atoms with E-state index in [0.717, 1.165) is 17.9 Å². The summed E-state index contributed by atoms with van der Waals surface area (Å²) in [4.78, 5) is 7.92. The van der Waals surface area contributed by atoms with Crippen molar-refractivity contribution in [2.45, 2.75) is 6.54 Å². The lowest BCUT2D eigenvalue weighted by Crippen LogP contribution is -2.01. The highest BCUT2D eigenvalue weighted by molar-refractivity contribution is 5.40. The minimum atomic E-state index is 0.743. The van der Waals surface area contributed by atoms with Crippen LogP contribution in [0.15, 0.2) is 61.4 Å². The van der Waals surface area contributed by atoms with Gasteiger partial charge in [-0.2, -0.15) is 5.10 Å². The van der Waals surface area contributed by atoms with E-state index in [9.17, 15) is 0 Å². The molecule has 2 heterocycles. The summed E-state index contributed by atoms with van der Waals surface area (Å²) in [6.07, 6.45) is 8.72. The highest BCUT2D eigenvalue weighted by Crippen LogP contribution is 2.10. The molecule has 5 heteroatoms. The van der Waals surface area contributed by atoms with Gasteiger partial charge in [0.25, 0.3) is 0 Å². The van der Waals surface area contributed by atoms with Crippen LogP contribution in [0, 0.1) is 0 Å². The standard InChI is InChI=1S/C14H13N5/c1-6-18-19(7-1)14-4-2-12(3-5-14)8-17-13-9-15-11-16-10-13/h1-7,9-11,17H,8H2. The van der Waals surface area contributed by atoms with Crippen molar-refractivity contribution < 1.29 is 0 Å². The molecule has 19 heavy (non-hydrogen) atoms. The van der Waals surface area contributed by atoms with Crippen molar-refractivity contribution in [2.75, 3.05) is 5.32 Å². The lowest BCUT2D eigenvalue weighted by molar-refractivity contribution is 0.879. The third-order valence-corrected chi connectivity index (χ3v) is 2.76. The zero-order valence-corrected chi connectivity index (χ0v) is 10.3. The van der Waals surface area contributed by atoms with E-state index < -0.39 is 0 Å². The Morgan fingerprint density at radius 2 is 1.84 bits per heavy atom. The maximum atomic E-state index is 4.19. The zero-order valence-electron chi connectivity index (χ0n) is 10.3. The van der Waals surface area contributed by atoms with E-state index in [4.69, 9.17) is 0 Å². The van der Waals surface area contributed by atoms with E-state index in [1.807, 2.05) is 29.1 Å². The number of nitrogens with one attached hydrogen (secondary N) is 1. The predicted octanol–water partition coefficient (Wildman–Crippen LogP) is 2.27. The fraction of sp³-hybridized carbons (Fsp3) is 0.0714. The van der Waals surface area contributed by atoms with E-state index in [-0.39, 0.29) is 0 Å². The maximum absolute atomic E-state index is 4.19. The highest BCUT2D eigenvalue weighted by atomic mass is 15.3. The second-order valence-corrected chi connectivity index (χ2v) is 4.10. The smallest absolute Gasteiger partial charge is 0.115 e. The molecule has 0 radical (unpaired) electrons. The Morgan fingerprint density at radius 1 is 1.05 bits per heavy atom. The summed E-state index contributed by atoms with van der Waals surface area (Å²) in [6.45, 7) is 0.743. The van der Waals surface area contributed by atoms with Crippen LogP contribution in [0.25, 0.3) is 5.69 Å². The fourth-order valence-corrected chi connectivity index (χ4v) is 1.78. The highest BCUT2D eigenvalue weighted by Gasteiger charge is 1.97. The van der Waals surface area contributed by atoms with Crippen molar-refractivity contribution in [3.05, 3.63) is 67.0 Å². The molecule has 0 aliphatic carbocycles. The minimum absolute atomic E-state index is 0.743. The van der Waals surface area contributed by atoms with Crippen LogP contribution in [-0.2, 0) is 6.54 Å². The van der Waals surface area contributed by atoms with Gasteiger partial charge in [-0.25, -0.2) is 14.6 Å². The Balaban J connectivity index is 1.67. The third-order valence-electron chi connectivity index (χ3n) is 2.76. The summed E-state index contributed by atoms with van der Waals surface area (Å²) in [5.74, 6) is 0. The van der Waals surface area contributed by atoms with Gasteiger partial charge in [-0.1, -0.05) is 12.1 Å². The molecule has 0 spiro atoms. The number of hydrogen-bond donors (Lipinski definition) is 1. The molecule has 0 unspecified atom stereocenters. The van der Waals surface area contributed by atoms with Crippen molar-refractivity contribution in [3.63, 3.8) is 0 Å². The summed E-state index contributed by atoms with van der Waals surface area (Å²) < 4.78 is 1.84. The molecule has 3 rings (SSSR count). The molecule has 5 nitrogen and oxygen atoms in total. The topological polar surface area (TPSA) is 55.6 Å². The number of rotatable bonds is 4. The summed E-state index contributed by atoms with van der Waals surface area (Å²) in [5.41, 5.74) is 3.16. The summed E-state index contributed by atoms with van der Waals surface area (Å²) >= 11 is 0. The molecule has 1 N–H and O–H groups in total. The van der Waals surface area contributed by atoms with Crippen LogP contribution >= 0.6 is 0 Å². The molecule has 0 atom stereocenters. The van der Waals surface area contributed by atoms with E-state index in [0.29, 0.717) is 0 Å². The molecule has 0 saturated carbocycles. The van der Waals surface area contributed by atoms with Crippen molar-refractivity contribution in [1.82, 2.24) is 19.7 Å². The summed E-state index contributed by atoms with van der Waals surface area (Å²) in [5, 5.41) is 7.46. The van der Waals surface area contributed by atoms with Gasteiger partial charge >= 0.3 is 0 Å². The second-order valence-electron chi connectivity index (χ2n) is 4.10. The van der Waals surface area contributed by atoms with Crippen LogP contribution in [-0.4, -0.2) is 19.7 Å². The Kier molecular flexibility index (Phi) is 3.18. The van der Waals surface area contributed by atoms with Crippen LogP contribution in [0.4, 0.5) is 5.69 Å². The van der Waals surface area contributed by atoms with Crippen LogP contribution in [0.3, 0.4) is 0 Å². The average Bonchev–Trinajstić information content (AvgIpc) is 3.01. The SMILES string of the molecule is c1cnn(-c2ccc(CNc3cncnc3)cc2)c1. The molecule has 0 aliphatic heterocycles. The van der Waals surface area contributed by atoms with Gasteiger partial charge in [-0.15, -0.1) is 0 Å². The molecule has 3 aromatic rings. The van der Waals surface area contributed by atoms with Crippen molar-refractivity contribution in [2.24, 2.45) is 0 Å². The van der Waals surface area contributed by atoms with Crippen molar-refractivity contribution in [1.29, 1.82) is 0 Å². The number of anilines is 1. The molecule has 0 fully saturated rings. The van der Waals surface area contributed by atoms with Crippen molar-refractivity contribution >= 4 is 5.69 Å². The normalized spacial score (nSPS) is 10.3. The molecule has 0 bridgehead atoms. The van der Waals surface area contributed by atoms with Gasteiger partial charge in [-0.3, -0.25) is 0 Å². The Labute approximate surface area is 111 Å². The van der Waals surface area contributed by atoms with E-state index in [1.165, 1.54) is 11.9 Å². The molecule has 1 aromatic carbocycles. The third kappa shape index (κ3) is 2.77. The zero-order chi connectivity index (χ0) is 12.9. The molecule has 0 saturated heterocycles. The second kappa shape index (κ2) is 5.30. The predicted molar refractivity (Wildman–Crippen MR) is 72.9 cm³/mol. The molecule has 0 aliphatic rings. The quantitative estimate of drug-likeness (QED) is 0.773. The first-order chi connectivity index (χ1) is 9.42. The number of hydrogen-bond acceptors (Lipinski definition) is 4. The van der Waals surface area contributed by atoms with Gasteiger partial charge in [0.15, 0.2) is 0 Å². The Bertz CT molecular complexity index is 617. The summed E-state index contributed by atoms with van der Waals surface area (Å²) in [7, 11) is 0. The van der Waals surface area contributed by atoms with E-state index >= 15 is 0 Å². The average molecular weight is 251 g/mol. The van der Waals surface area contributed by atoms with Gasteiger partial charge in [0.2, 0.25) is 0 Å². The fourth-order valence-electron chi connectivity index (χ4n) is 1.78. The minimum Gasteiger partial charge on any atom is -0.378 e. The van der Waals surface area contributed by atoms with Crippen LogP contribution in [0.5, 0.6) is 0 Å². The monoisotopic (exact) mass is 251 g/mol. The molecule has 2 aromatic heterocycles. The van der Waals surface area contributed by atoms with E-state index in [2.05, 4.69) is 32.5 Å². The van der Waals surface area contributed by atoms with Gasteiger partial charge in [-0.05, 0) is 23.8 Å². The van der Waals surface area contributed by atoms with Crippen LogP contribution in [0.2, 0.25) is 0 Å². The number of benzene rings is 1. The molecule has 0 amide bonds. The lowest BCUT2D eigenvalue weighted by atomic mass is 10.2.